The fourth-order valence-corrected chi connectivity index (χ4v) is 4.29. The number of amides is 1. The van der Waals surface area contributed by atoms with Crippen molar-refractivity contribution < 1.29 is 13.2 Å². The third-order valence-corrected chi connectivity index (χ3v) is 6.01. The van der Waals surface area contributed by atoms with Crippen LogP contribution in [-0.2, 0) is 21.1 Å². The maximum Gasteiger partial charge on any atom is 0.239 e. The summed E-state index contributed by atoms with van der Waals surface area (Å²) in [6, 6.07) is 7.22. The predicted molar refractivity (Wildman–Crippen MR) is 97.1 cm³/mol. The summed E-state index contributed by atoms with van der Waals surface area (Å²) in [5.74, 6) is -0.0000985. The van der Waals surface area contributed by atoms with Crippen LogP contribution in [0.5, 0.6) is 0 Å². The summed E-state index contributed by atoms with van der Waals surface area (Å²) in [7, 11) is -3.03. The van der Waals surface area contributed by atoms with Gasteiger partial charge in [0, 0.05) is 30.2 Å². The SMILES string of the molecule is Cl.N[C@@H](Cc1c[nH]c2ccccc12)C(=O)N1CCCS(=O)(=O)CC1. The van der Waals surface area contributed by atoms with Gasteiger partial charge < -0.3 is 15.6 Å². The highest BCUT2D eigenvalue weighted by Gasteiger charge is 2.26. The lowest BCUT2D eigenvalue weighted by molar-refractivity contribution is -0.132. The fourth-order valence-electron chi connectivity index (χ4n) is 3.02. The molecule has 1 fully saturated rings. The number of halogens is 1. The number of nitrogens with two attached hydrogens (primary N) is 1. The van der Waals surface area contributed by atoms with Gasteiger partial charge in [-0.05, 0) is 24.5 Å². The number of sulfone groups is 1. The number of carbonyl (C=O) groups is 1. The Morgan fingerprint density at radius 1 is 1.25 bits per heavy atom. The first-order valence-corrected chi connectivity index (χ1v) is 9.58. The zero-order valence-electron chi connectivity index (χ0n) is 13.3. The van der Waals surface area contributed by atoms with E-state index in [1.807, 2.05) is 30.5 Å². The van der Waals surface area contributed by atoms with Crippen LogP contribution in [0.2, 0.25) is 0 Å². The first-order chi connectivity index (χ1) is 11.0. The van der Waals surface area contributed by atoms with E-state index >= 15 is 0 Å². The van der Waals surface area contributed by atoms with Gasteiger partial charge in [-0.25, -0.2) is 8.42 Å². The number of aromatic amines is 1. The number of nitrogens with one attached hydrogen (secondary N) is 1. The molecule has 2 heterocycles. The molecule has 1 aromatic carbocycles. The second-order valence-electron chi connectivity index (χ2n) is 6.00. The normalized spacial score (nSPS) is 18.6. The number of para-hydroxylation sites is 1. The first-order valence-electron chi connectivity index (χ1n) is 7.76. The van der Waals surface area contributed by atoms with Gasteiger partial charge >= 0.3 is 0 Å². The summed E-state index contributed by atoms with van der Waals surface area (Å²) in [6.07, 6.45) is 2.80. The van der Waals surface area contributed by atoms with Gasteiger partial charge in [-0.15, -0.1) is 12.4 Å². The van der Waals surface area contributed by atoms with E-state index in [0.29, 0.717) is 19.4 Å². The molecule has 132 valence electrons. The molecule has 0 unspecified atom stereocenters. The Labute approximate surface area is 147 Å². The second kappa shape index (κ2) is 7.55. The van der Waals surface area contributed by atoms with Crippen molar-refractivity contribution in [1.29, 1.82) is 0 Å². The Kier molecular flexibility index (Phi) is 5.90. The molecule has 1 aliphatic rings. The quantitative estimate of drug-likeness (QED) is 0.844. The lowest BCUT2D eigenvalue weighted by Crippen LogP contribution is -2.46. The molecule has 1 saturated heterocycles. The highest BCUT2D eigenvalue weighted by atomic mass is 35.5. The van der Waals surface area contributed by atoms with Gasteiger partial charge in [0.25, 0.3) is 0 Å². The third kappa shape index (κ3) is 4.09. The molecule has 24 heavy (non-hydrogen) atoms. The van der Waals surface area contributed by atoms with Crippen LogP contribution in [0, 0.1) is 0 Å². The molecule has 0 saturated carbocycles. The average Bonchev–Trinajstić information content (AvgIpc) is 2.83. The van der Waals surface area contributed by atoms with Crippen molar-refractivity contribution in [3.63, 3.8) is 0 Å². The number of carbonyl (C=O) groups excluding carboxylic acids is 1. The van der Waals surface area contributed by atoms with Gasteiger partial charge in [0.15, 0.2) is 9.84 Å². The smallest absolute Gasteiger partial charge is 0.239 e. The van der Waals surface area contributed by atoms with E-state index in [9.17, 15) is 13.2 Å². The average molecular weight is 372 g/mol. The van der Waals surface area contributed by atoms with Crippen molar-refractivity contribution in [2.24, 2.45) is 5.73 Å². The summed E-state index contributed by atoms with van der Waals surface area (Å²) < 4.78 is 23.3. The highest BCUT2D eigenvalue weighted by Crippen LogP contribution is 2.19. The fraction of sp³-hybridized carbons (Fsp3) is 0.438. The summed E-state index contributed by atoms with van der Waals surface area (Å²) in [6.45, 7) is 0.697. The maximum atomic E-state index is 12.5. The number of hydrogen-bond donors (Lipinski definition) is 2. The van der Waals surface area contributed by atoms with E-state index in [4.69, 9.17) is 5.73 Å². The number of rotatable bonds is 3. The van der Waals surface area contributed by atoms with Crippen LogP contribution < -0.4 is 5.73 Å². The van der Waals surface area contributed by atoms with E-state index in [2.05, 4.69) is 4.98 Å². The van der Waals surface area contributed by atoms with E-state index in [1.165, 1.54) is 0 Å². The van der Waals surface area contributed by atoms with E-state index in [0.717, 1.165) is 16.5 Å². The topological polar surface area (TPSA) is 96.3 Å². The molecule has 1 amide bonds. The molecule has 0 radical (unpaired) electrons. The molecule has 1 aromatic heterocycles. The molecule has 0 spiro atoms. The molecular weight excluding hydrogens is 350 g/mol. The van der Waals surface area contributed by atoms with Crippen LogP contribution in [0.3, 0.4) is 0 Å². The number of nitrogens with zero attached hydrogens (tertiary/aromatic N) is 1. The lowest BCUT2D eigenvalue weighted by Gasteiger charge is -2.23. The van der Waals surface area contributed by atoms with E-state index in [-0.39, 0.29) is 36.4 Å². The lowest BCUT2D eigenvalue weighted by atomic mass is 10.0. The molecule has 3 rings (SSSR count). The van der Waals surface area contributed by atoms with Crippen LogP contribution in [0.4, 0.5) is 0 Å². The molecule has 0 bridgehead atoms. The van der Waals surface area contributed by atoms with E-state index in [1.54, 1.807) is 4.90 Å². The molecule has 1 atom stereocenters. The van der Waals surface area contributed by atoms with Crippen molar-refractivity contribution in [2.75, 3.05) is 24.6 Å². The van der Waals surface area contributed by atoms with Crippen LogP contribution >= 0.6 is 12.4 Å². The maximum absolute atomic E-state index is 12.5. The molecule has 2 aromatic rings. The summed E-state index contributed by atoms with van der Waals surface area (Å²) in [4.78, 5) is 17.3. The summed E-state index contributed by atoms with van der Waals surface area (Å²) in [5.41, 5.74) is 8.11. The zero-order chi connectivity index (χ0) is 16.4. The molecule has 3 N–H and O–H groups in total. The Hall–Kier alpha value is -1.57. The van der Waals surface area contributed by atoms with Gasteiger partial charge in [-0.2, -0.15) is 0 Å². The Bertz CT molecular complexity index is 819. The first kappa shape index (κ1) is 18.8. The molecule has 8 heteroatoms. The van der Waals surface area contributed by atoms with Gasteiger partial charge in [0.05, 0.1) is 17.5 Å². The molecular formula is C16H22ClN3O3S. The van der Waals surface area contributed by atoms with Gasteiger partial charge in [0.1, 0.15) is 0 Å². The van der Waals surface area contributed by atoms with Crippen LogP contribution in [-0.4, -0.2) is 54.8 Å². The van der Waals surface area contributed by atoms with Crippen LogP contribution in [0.1, 0.15) is 12.0 Å². The second-order valence-corrected chi connectivity index (χ2v) is 8.30. The monoisotopic (exact) mass is 371 g/mol. The standard InChI is InChI=1S/C16H21N3O3S.ClH/c17-14(10-12-11-18-15-5-2-1-4-13(12)15)16(20)19-6-3-8-23(21,22)9-7-19;/h1-2,4-5,11,14,18H,3,6-10,17H2;1H/t14-;/m0./s1. The Morgan fingerprint density at radius 2 is 2.00 bits per heavy atom. The van der Waals surface area contributed by atoms with Crippen LogP contribution in [0.15, 0.2) is 30.5 Å². The molecule has 6 nitrogen and oxygen atoms in total. The van der Waals surface area contributed by atoms with Crippen molar-refractivity contribution in [2.45, 2.75) is 18.9 Å². The number of fused-ring (bicyclic) bond motifs is 1. The number of hydrogen-bond acceptors (Lipinski definition) is 4. The minimum Gasteiger partial charge on any atom is -0.361 e. The van der Waals surface area contributed by atoms with E-state index < -0.39 is 15.9 Å². The predicted octanol–water partition coefficient (Wildman–Crippen LogP) is 1.11. The minimum absolute atomic E-state index is 0. The summed E-state index contributed by atoms with van der Waals surface area (Å²) >= 11 is 0. The molecule has 0 aliphatic carbocycles. The summed E-state index contributed by atoms with van der Waals surface area (Å²) in [5, 5.41) is 1.06. The van der Waals surface area contributed by atoms with Crippen molar-refractivity contribution >= 4 is 39.1 Å². The highest BCUT2D eigenvalue weighted by molar-refractivity contribution is 7.91. The van der Waals surface area contributed by atoms with Gasteiger partial charge in [-0.1, -0.05) is 18.2 Å². The third-order valence-electron chi connectivity index (χ3n) is 4.30. The van der Waals surface area contributed by atoms with Crippen LogP contribution in [0.25, 0.3) is 10.9 Å². The van der Waals surface area contributed by atoms with Crippen molar-refractivity contribution in [1.82, 2.24) is 9.88 Å². The van der Waals surface area contributed by atoms with Crippen molar-refractivity contribution in [3.05, 3.63) is 36.0 Å². The Balaban J connectivity index is 0.00000208. The molecule has 1 aliphatic heterocycles. The van der Waals surface area contributed by atoms with Crippen molar-refractivity contribution in [3.8, 4) is 0 Å². The number of H-pyrrole nitrogens is 1. The van der Waals surface area contributed by atoms with Gasteiger partial charge in [0.2, 0.25) is 5.91 Å². The Morgan fingerprint density at radius 3 is 2.79 bits per heavy atom. The largest absolute Gasteiger partial charge is 0.361 e. The van der Waals surface area contributed by atoms with Gasteiger partial charge in [-0.3, -0.25) is 4.79 Å². The number of benzene rings is 1. The minimum atomic E-state index is -3.03. The number of aromatic nitrogens is 1. The zero-order valence-corrected chi connectivity index (χ0v) is 14.9.